The lowest BCUT2D eigenvalue weighted by Gasteiger charge is -2.31. The van der Waals surface area contributed by atoms with E-state index in [0.717, 1.165) is 5.56 Å². The van der Waals surface area contributed by atoms with Gasteiger partial charge >= 0.3 is 0 Å². The Labute approximate surface area is 204 Å². The highest BCUT2D eigenvalue weighted by atomic mass is 35.5. The number of rotatable bonds is 5. The third-order valence-corrected chi connectivity index (χ3v) is 7.49. The van der Waals surface area contributed by atoms with Crippen LogP contribution in [0, 0.1) is 11.7 Å². The summed E-state index contributed by atoms with van der Waals surface area (Å²) < 4.78 is 14.9. The molecule has 174 valence electrons. The second kappa shape index (κ2) is 9.56. The summed E-state index contributed by atoms with van der Waals surface area (Å²) in [5.74, 6) is -0.0293. The number of benzene rings is 2. The number of halogens is 2. The average molecular weight is 497 g/mol. The quantitative estimate of drug-likeness (QED) is 0.408. The molecule has 0 atom stereocenters. The largest absolute Gasteiger partial charge is 0.352 e. The summed E-state index contributed by atoms with van der Waals surface area (Å²) in [6.07, 6.45) is 1.28. The smallest absolute Gasteiger partial charge is 0.270 e. The van der Waals surface area contributed by atoms with Crippen molar-refractivity contribution in [3.8, 4) is 11.1 Å². The molecule has 9 heteroatoms. The SMILES string of the molecule is O=C(NCc1ccccc1Cl)C1CCN(c2nc3c(-c4ccccc4F)csc3c(=O)[nH]2)CC1. The zero-order valence-electron chi connectivity index (χ0n) is 18.2. The Kier molecular flexibility index (Phi) is 6.34. The van der Waals surface area contributed by atoms with Gasteiger partial charge in [-0.15, -0.1) is 11.3 Å². The Bertz CT molecular complexity index is 1410. The molecule has 1 saturated heterocycles. The van der Waals surface area contributed by atoms with E-state index in [4.69, 9.17) is 16.6 Å². The van der Waals surface area contributed by atoms with Crippen molar-refractivity contribution in [2.75, 3.05) is 18.0 Å². The number of anilines is 1. The van der Waals surface area contributed by atoms with Crippen molar-refractivity contribution in [2.24, 2.45) is 5.92 Å². The van der Waals surface area contributed by atoms with Gasteiger partial charge in [-0.05, 0) is 30.5 Å². The third-order valence-electron chi connectivity index (χ3n) is 6.15. The maximum atomic E-state index is 14.4. The molecular weight excluding hydrogens is 475 g/mol. The molecule has 34 heavy (non-hydrogen) atoms. The van der Waals surface area contributed by atoms with Crippen LogP contribution in [0.4, 0.5) is 10.3 Å². The Balaban J connectivity index is 1.30. The minimum absolute atomic E-state index is 0.00357. The number of aromatic nitrogens is 2. The van der Waals surface area contributed by atoms with Crippen LogP contribution in [0.5, 0.6) is 0 Å². The van der Waals surface area contributed by atoms with E-state index >= 15 is 0 Å². The first-order valence-electron chi connectivity index (χ1n) is 11.0. The van der Waals surface area contributed by atoms with Crippen molar-refractivity contribution in [3.63, 3.8) is 0 Å². The minimum atomic E-state index is -0.352. The summed E-state index contributed by atoms with van der Waals surface area (Å²) in [7, 11) is 0. The Morgan fingerprint density at radius 3 is 2.65 bits per heavy atom. The predicted octanol–water partition coefficient (Wildman–Crippen LogP) is 4.98. The molecule has 0 radical (unpaired) electrons. The molecule has 0 saturated carbocycles. The summed E-state index contributed by atoms with van der Waals surface area (Å²) in [6, 6.07) is 13.9. The summed E-state index contributed by atoms with van der Waals surface area (Å²) in [5.41, 5.74) is 2.16. The van der Waals surface area contributed by atoms with Gasteiger partial charge in [0.15, 0.2) is 0 Å². The van der Waals surface area contributed by atoms with Crippen molar-refractivity contribution >= 4 is 45.0 Å². The van der Waals surface area contributed by atoms with E-state index in [1.165, 1.54) is 17.4 Å². The molecule has 3 heterocycles. The van der Waals surface area contributed by atoms with E-state index in [-0.39, 0.29) is 23.2 Å². The molecule has 2 aromatic carbocycles. The molecule has 4 aromatic rings. The van der Waals surface area contributed by atoms with Crippen molar-refractivity contribution in [1.29, 1.82) is 0 Å². The molecule has 1 aliphatic heterocycles. The lowest BCUT2D eigenvalue weighted by Crippen LogP contribution is -2.41. The summed E-state index contributed by atoms with van der Waals surface area (Å²) in [5, 5.41) is 5.37. The second-order valence-corrected chi connectivity index (χ2v) is 9.55. The standard InChI is InChI=1S/C25H22ClFN4O2S/c26-19-7-3-1-5-16(19)13-28-23(32)15-9-11-31(12-10-15)25-29-21-18(14-34-22(21)24(33)30-25)17-6-2-4-8-20(17)27/h1-8,14-15H,9-13H2,(H,28,32)(H,29,30,33). The first-order chi connectivity index (χ1) is 16.5. The van der Waals surface area contributed by atoms with Crippen LogP contribution >= 0.6 is 22.9 Å². The lowest BCUT2D eigenvalue weighted by molar-refractivity contribution is -0.125. The maximum Gasteiger partial charge on any atom is 0.270 e. The lowest BCUT2D eigenvalue weighted by atomic mass is 9.96. The maximum absolute atomic E-state index is 14.4. The van der Waals surface area contributed by atoms with Crippen molar-refractivity contribution in [1.82, 2.24) is 15.3 Å². The van der Waals surface area contributed by atoms with Crippen LogP contribution in [0.15, 0.2) is 58.7 Å². The van der Waals surface area contributed by atoms with Gasteiger partial charge in [-0.2, -0.15) is 0 Å². The van der Waals surface area contributed by atoms with Gasteiger partial charge in [0.05, 0.1) is 5.52 Å². The summed E-state index contributed by atoms with van der Waals surface area (Å²) in [6.45, 7) is 1.55. The van der Waals surface area contributed by atoms with Crippen LogP contribution in [-0.2, 0) is 11.3 Å². The van der Waals surface area contributed by atoms with Crippen LogP contribution in [-0.4, -0.2) is 29.0 Å². The van der Waals surface area contributed by atoms with Crippen LogP contribution in [0.25, 0.3) is 21.3 Å². The van der Waals surface area contributed by atoms with Gasteiger partial charge in [0.1, 0.15) is 10.5 Å². The van der Waals surface area contributed by atoms with E-state index in [1.807, 2.05) is 23.1 Å². The highest BCUT2D eigenvalue weighted by Gasteiger charge is 2.27. The molecular formula is C25H22ClFN4O2S. The fourth-order valence-corrected chi connectivity index (χ4v) is 5.36. The number of carbonyl (C=O) groups is 1. The average Bonchev–Trinajstić information content (AvgIpc) is 3.28. The molecule has 1 fully saturated rings. The van der Waals surface area contributed by atoms with E-state index in [9.17, 15) is 14.0 Å². The number of carbonyl (C=O) groups excluding carboxylic acids is 1. The molecule has 1 amide bonds. The number of nitrogens with zero attached hydrogens (tertiary/aromatic N) is 2. The van der Waals surface area contributed by atoms with Gasteiger partial charge in [-0.1, -0.05) is 48.0 Å². The van der Waals surface area contributed by atoms with Crippen molar-refractivity contribution < 1.29 is 9.18 Å². The van der Waals surface area contributed by atoms with E-state index in [2.05, 4.69) is 10.3 Å². The van der Waals surface area contributed by atoms with Gasteiger partial charge in [0.2, 0.25) is 11.9 Å². The monoisotopic (exact) mass is 496 g/mol. The molecule has 5 rings (SSSR count). The van der Waals surface area contributed by atoms with Crippen LogP contribution in [0.3, 0.4) is 0 Å². The number of piperidine rings is 1. The van der Waals surface area contributed by atoms with Gasteiger partial charge < -0.3 is 10.2 Å². The van der Waals surface area contributed by atoms with Gasteiger partial charge in [0.25, 0.3) is 5.56 Å². The number of nitrogens with one attached hydrogen (secondary N) is 2. The third kappa shape index (κ3) is 4.43. The first kappa shape index (κ1) is 22.6. The highest BCUT2D eigenvalue weighted by molar-refractivity contribution is 7.17. The number of hydrogen-bond acceptors (Lipinski definition) is 5. The van der Waals surface area contributed by atoms with E-state index in [1.54, 1.807) is 29.6 Å². The van der Waals surface area contributed by atoms with Gasteiger partial charge in [-0.25, -0.2) is 9.37 Å². The van der Waals surface area contributed by atoms with Crippen LogP contribution in [0.2, 0.25) is 5.02 Å². The predicted molar refractivity (Wildman–Crippen MR) is 134 cm³/mol. The van der Waals surface area contributed by atoms with Crippen molar-refractivity contribution in [3.05, 3.63) is 80.7 Å². The summed E-state index contributed by atoms with van der Waals surface area (Å²) in [4.78, 5) is 34.9. The molecule has 2 N–H and O–H groups in total. The molecule has 0 bridgehead atoms. The van der Waals surface area contributed by atoms with Crippen LogP contribution < -0.4 is 15.8 Å². The van der Waals surface area contributed by atoms with E-state index < -0.39 is 0 Å². The second-order valence-electron chi connectivity index (χ2n) is 8.27. The molecule has 2 aromatic heterocycles. The zero-order valence-corrected chi connectivity index (χ0v) is 19.8. The number of hydrogen-bond donors (Lipinski definition) is 2. The number of thiophene rings is 1. The Hall–Kier alpha value is -3.23. The Morgan fingerprint density at radius 2 is 1.88 bits per heavy atom. The minimum Gasteiger partial charge on any atom is -0.352 e. The summed E-state index contributed by atoms with van der Waals surface area (Å²) >= 11 is 7.43. The fraction of sp³-hybridized carbons (Fsp3) is 0.240. The number of aromatic amines is 1. The molecule has 0 aliphatic carbocycles. The van der Waals surface area contributed by atoms with Crippen LogP contribution in [0.1, 0.15) is 18.4 Å². The highest BCUT2D eigenvalue weighted by Crippen LogP contribution is 2.33. The molecule has 1 aliphatic rings. The van der Waals surface area contributed by atoms with Gasteiger partial charge in [-0.3, -0.25) is 14.6 Å². The fourth-order valence-electron chi connectivity index (χ4n) is 4.26. The molecule has 6 nitrogen and oxygen atoms in total. The topological polar surface area (TPSA) is 78.1 Å². The van der Waals surface area contributed by atoms with E-state index in [0.29, 0.717) is 64.8 Å². The zero-order chi connectivity index (χ0) is 23.7. The number of amides is 1. The van der Waals surface area contributed by atoms with Crippen molar-refractivity contribution in [2.45, 2.75) is 19.4 Å². The number of H-pyrrole nitrogens is 1. The Morgan fingerprint density at radius 1 is 1.15 bits per heavy atom. The van der Waals surface area contributed by atoms with Gasteiger partial charge in [0, 0.05) is 47.1 Å². The normalized spacial score (nSPS) is 14.5. The molecule has 0 unspecified atom stereocenters. The number of fused-ring (bicyclic) bond motifs is 1. The molecule has 0 spiro atoms. The first-order valence-corrected chi connectivity index (χ1v) is 12.3.